The molecule has 1 aliphatic rings. The van der Waals surface area contributed by atoms with Crippen molar-refractivity contribution in [3.63, 3.8) is 0 Å². The van der Waals surface area contributed by atoms with Crippen molar-refractivity contribution in [3.05, 3.63) is 47.5 Å². The Morgan fingerprint density at radius 2 is 1.86 bits per heavy atom. The van der Waals surface area contributed by atoms with Crippen LogP contribution >= 0.6 is 0 Å². The van der Waals surface area contributed by atoms with Crippen molar-refractivity contribution in [1.29, 1.82) is 0 Å². The van der Waals surface area contributed by atoms with Crippen LogP contribution in [0.15, 0.2) is 36.4 Å². The van der Waals surface area contributed by atoms with Gasteiger partial charge in [0.25, 0.3) is 5.91 Å². The molecule has 4 nitrogen and oxygen atoms in total. The van der Waals surface area contributed by atoms with Gasteiger partial charge in [-0.3, -0.25) is 9.69 Å². The number of rotatable bonds is 4. The highest BCUT2D eigenvalue weighted by Gasteiger charge is 2.11. The predicted molar refractivity (Wildman–Crippen MR) is 88.3 cm³/mol. The standard InChI is InChI=1S/C18H22N2O2/c1-14-2-3-16-13-17(5-4-15(16)12-14)18(21)19-6-7-20-8-10-22-11-9-20/h2-5,12-13H,6-11H2,1H3,(H,19,21). The largest absolute Gasteiger partial charge is 0.379 e. The Hall–Kier alpha value is -1.91. The van der Waals surface area contributed by atoms with Crippen molar-refractivity contribution < 1.29 is 9.53 Å². The van der Waals surface area contributed by atoms with Gasteiger partial charge in [-0.15, -0.1) is 0 Å². The number of carbonyl (C=O) groups is 1. The lowest BCUT2D eigenvalue weighted by molar-refractivity contribution is 0.0383. The third-order valence-electron chi connectivity index (χ3n) is 4.08. The Bertz CT molecular complexity index is 663. The normalized spacial score (nSPS) is 15.9. The number of fused-ring (bicyclic) bond motifs is 1. The van der Waals surface area contributed by atoms with E-state index in [4.69, 9.17) is 4.74 Å². The molecule has 0 saturated carbocycles. The molecule has 2 aromatic rings. The minimum atomic E-state index is -0.00395. The zero-order valence-electron chi connectivity index (χ0n) is 13.0. The summed E-state index contributed by atoms with van der Waals surface area (Å²) < 4.78 is 5.32. The average molecular weight is 298 g/mol. The molecule has 0 aromatic heterocycles. The second kappa shape index (κ2) is 6.90. The summed E-state index contributed by atoms with van der Waals surface area (Å²) >= 11 is 0. The first-order valence-electron chi connectivity index (χ1n) is 7.81. The Morgan fingerprint density at radius 1 is 1.14 bits per heavy atom. The molecule has 0 atom stereocenters. The molecule has 0 radical (unpaired) electrons. The molecule has 1 fully saturated rings. The Morgan fingerprint density at radius 3 is 2.68 bits per heavy atom. The number of hydrogen-bond acceptors (Lipinski definition) is 3. The first kappa shape index (κ1) is 15.0. The van der Waals surface area contributed by atoms with E-state index in [1.54, 1.807) is 0 Å². The number of aryl methyl sites for hydroxylation is 1. The molecule has 1 heterocycles. The minimum absolute atomic E-state index is 0.00395. The number of nitrogens with one attached hydrogen (secondary N) is 1. The van der Waals surface area contributed by atoms with Crippen LogP contribution in [-0.4, -0.2) is 50.2 Å². The fourth-order valence-corrected chi connectivity index (χ4v) is 2.76. The van der Waals surface area contributed by atoms with E-state index in [1.165, 1.54) is 10.9 Å². The highest BCUT2D eigenvalue weighted by Crippen LogP contribution is 2.17. The van der Waals surface area contributed by atoms with E-state index in [9.17, 15) is 4.79 Å². The van der Waals surface area contributed by atoms with E-state index in [2.05, 4.69) is 35.3 Å². The molecule has 0 unspecified atom stereocenters. The van der Waals surface area contributed by atoms with Crippen LogP contribution in [0.2, 0.25) is 0 Å². The Kier molecular flexibility index (Phi) is 4.71. The molecule has 0 bridgehead atoms. The van der Waals surface area contributed by atoms with Crippen molar-refractivity contribution in [2.75, 3.05) is 39.4 Å². The van der Waals surface area contributed by atoms with Gasteiger partial charge in [0.05, 0.1) is 13.2 Å². The molecule has 1 aliphatic heterocycles. The third-order valence-corrected chi connectivity index (χ3v) is 4.08. The summed E-state index contributed by atoms with van der Waals surface area (Å²) in [6.07, 6.45) is 0. The smallest absolute Gasteiger partial charge is 0.251 e. The molecular formula is C18H22N2O2. The van der Waals surface area contributed by atoms with E-state index in [1.807, 2.05) is 18.2 Å². The van der Waals surface area contributed by atoms with Crippen LogP contribution < -0.4 is 5.32 Å². The predicted octanol–water partition coefficient (Wildman–Crippen LogP) is 2.21. The maximum absolute atomic E-state index is 12.2. The van der Waals surface area contributed by atoms with Gasteiger partial charge in [0, 0.05) is 31.7 Å². The first-order chi connectivity index (χ1) is 10.7. The van der Waals surface area contributed by atoms with E-state index in [-0.39, 0.29) is 5.91 Å². The van der Waals surface area contributed by atoms with Crippen molar-refractivity contribution >= 4 is 16.7 Å². The van der Waals surface area contributed by atoms with Gasteiger partial charge in [0.15, 0.2) is 0 Å². The summed E-state index contributed by atoms with van der Waals surface area (Å²) in [6.45, 7) is 7.10. The van der Waals surface area contributed by atoms with E-state index >= 15 is 0 Å². The van der Waals surface area contributed by atoms with Gasteiger partial charge in [0.1, 0.15) is 0 Å². The average Bonchev–Trinajstić information content (AvgIpc) is 2.55. The van der Waals surface area contributed by atoms with Crippen LogP contribution in [-0.2, 0) is 4.74 Å². The van der Waals surface area contributed by atoms with Crippen LogP contribution in [0.4, 0.5) is 0 Å². The molecule has 1 N–H and O–H groups in total. The summed E-state index contributed by atoms with van der Waals surface area (Å²) in [5, 5.41) is 5.28. The number of amides is 1. The van der Waals surface area contributed by atoms with Gasteiger partial charge in [-0.05, 0) is 29.8 Å². The number of morpholine rings is 1. The molecule has 3 rings (SSSR count). The van der Waals surface area contributed by atoms with Crippen molar-refractivity contribution in [1.82, 2.24) is 10.2 Å². The number of hydrogen-bond donors (Lipinski definition) is 1. The summed E-state index contributed by atoms with van der Waals surface area (Å²) in [4.78, 5) is 14.6. The van der Waals surface area contributed by atoms with Gasteiger partial charge in [0.2, 0.25) is 0 Å². The molecule has 22 heavy (non-hydrogen) atoms. The molecule has 0 aliphatic carbocycles. The lowest BCUT2D eigenvalue weighted by Crippen LogP contribution is -2.41. The fourth-order valence-electron chi connectivity index (χ4n) is 2.76. The van der Waals surface area contributed by atoms with Crippen LogP contribution in [0.3, 0.4) is 0 Å². The monoisotopic (exact) mass is 298 g/mol. The maximum Gasteiger partial charge on any atom is 0.251 e. The van der Waals surface area contributed by atoms with E-state index < -0.39 is 0 Å². The highest BCUT2D eigenvalue weighted by atomic mass is 16.5. The molecule has 1 saturated heterocycles. The van der Waals surface area contributed by atoms with E-state index in [0.717, 1.165) is 43.8 Å². The molecule has 2 aromatic carbocycles. The first-order valence-corrected chi connectivity index (χ1v) is 7.81. The summed E-state index contributed by atoms with van der Waals surface area (Å²) in [5.74, 6) is -0.00395. The SMILES string of the molecule is Cc1ccc2cc(C(=O)NCCN3CCOCC3)ccc2c1. The molecule has 4 heteroatoms. The van der Waals surface area contributed by atoms with Crippen LogP contribution in [0.5, 0.6) is 0 Å². The zero-order valence-corrected chi connectivity index (χ0v) is 13.0. The number of carbonyl (C=O) groups excluding carboxylic acids is 1. The fraction of sp³-hybridized carbons (Fsp3) is 0.389. The highest BCUT2D eigenvalue weighted by molar-refractivity contribution is 5.98. The van der Waals surface area contributed by atoms with Gasteiger partial charge in [-0.25, -0.2) is 0 Å². The lowest BCUT2D eigenvalue weighted by Gasteiger charge is -2.26. The van der Waals surface area contributed by atoms with Crippen LogP contribution in [0.25, 0.3) is 10.8 Å². The summed E-state index contributed by atoms with van der Waals surface area (Å²) in [7, 11) is 0. The van der Waals surface area contributed by atoms with Crippen molar-refractivity contribution in [2.45, 2.75) is 6.92 Å². The van der Waals surface area contributed by atoms with Gasteiger partial charge >= 0.3 is 0 Å². The number of benzene rings is 2. The Balaban J connectivity index is 1.58. The molecule has 116 valence electrons. The summed E-state index contributed by atoms with van der Waals surface area (Å²) in [6, 6.07) is 12.1. The molecular weight excluding hydrogens is 276 g/mol. The third kappa shape index (κ3) is 3.64. The van der Waals surface area contributed by atoms with E-state index in [0.29, 0.717) is 6.54 Å². The van der Waals surface area contributed by atoms with Gasteiger partial charge < -0.3 is 10.1 Å². The lowest BCUT2D eigenvalue weighted by atomic mass is 10.0. The molecule has 0 spiro atoms. The Labute approximate surface area is 131 Å². The van der Waals surface area contributed by atoms with Crippen molar-refractivity contribution in [2.24, 2.45) is 0 Å². The second-order valence-electron chi connectivity index (χ2n) is 5.78. The van der Waals surface area contributed by atoms with Crippen LogP contribution in [0.1, 0.15) is 15.9 Å². The second-order valence-corrected chi connectivity index (χ2v) is 5.78. The topological polar surface area (TPSA) is 41.6 Å². The quantitative estimate of drug-likeness (QED) is 0.941. The molecule has 1 amide bonds. The maximum atomic E-state index is 12.2. The van der Waals surface area contributed by atoms with Crippen LogP contribution in [0, 0.1) is 6.92 Å². The van der Waals surface area contributed by atoms with Gasteiger partial charge in [-0.1, -0.05) is 29.8 Å². The zero-order chi connectivity index (χ0) is 15.4. The van der Waals surface area contributed by atoms with Gasteiger partial charge in [-0.2, -0.15) is 0 Å². The van der Waals surface area contributed by atoms with Crippen molar-refractivity contribution in [3.8, 4) is 0 Å². The number of nitrogens with zero attached hydrogens (tertiary/aromatic N) is 1. The minimum Gasteiger partial charge on any atom is -0.379 e. The number of ether oxygens (including phenoxy) is 1. The summed E-state index contributed by atoms with van der Waals surface area (Å²) in [5.41, 5.74) is 1.95.